The first-order chi connectivity index (χ1) is 70.2. The molecule has 0 fully saturated rings. The maximum absolute atomic E-state index is 13.6. The number of rotatable bonds is 113. The smallest absolute Gasteiger partial charge is 0.331 e. The van der Waals surface area contributed by atoms with Gasteiger partial charge in [0.15, 0.2) is 0 Å². The zero-order chi connectivity index (χ0) is 108. The number of hydrogen-bond acceptors (Lipinski definition) is 36. The van der Waals surface area contributed by atoms with Crippen molar-refractivity contribution in [1.29, 1.82) is 0 Å². The van der Waals surface area contributed by atoms with E-state index in [9.17, 15) is 55.7 Å². The van der Waals surface area contributed by atoms with Crippen LogP contribution in [0.2, 0.25) is 0 Å². The van der Waals surface area contributed by atoms with Crippen LogP contribution in [-0.4, -0.2) is 378 Å². The summed E-state index contributed by atoms with van der Waals surface area (Å²) in [5.74, 6) is -0.629. The van der Waals surface area contributed by atoms with E-state index in [2.05, 4.69) is 31.1 Å². The Morgan fingerprint density at radius 3 is 0.425 bits per heavy atom. The summed E-state index contributed by atoms with van der Waals surface area (Å²) in [5, 5.41) is 12.2. The van der Waals surface area contributed by atoms with Crippen LogP contribution in [0.15, 0.2) is 0 Å². The van der Waals surface area contributed by atoms with Gasteiger partial charge in [0.2, 0.25) is 23.6 Å². The number of nitrogens with zero attached hydrogens (tertiary/aromatic N) is 6. The van der Waals surface area contributed by atoms with E-state index in [-0.39, 0.29) is 230 Å². The Bertz CT molecular complexity index is 2970. The van der Waals surface area contributed by atoms with Crippen molar-refractivity contribution in [2.75, 3.05) is 325 Å². The lowest BCUT2D eigenvalue weighted by molar-refractivity contribution is -0.123. The Labute approximate surface area is 883 Å². The van der Waals surface area contributed by atoms with Crippen molar-refractivity contribution in [2.45, 2.75) is 291 Å². The number of ether oxygens (including phenoxy) is 2. The number of carbonyl (C=O) groups is 4. The molecule has 146 heavy (non-hydrogen) atoms. The fraction of sp³-hybridized carbons (Fsp3) is 0.959. The lowest BCUT2D eigenvalue weighted by Gasteiger charge is -2.27. The Morgan fingerprint density at radius 1 is 0.164 bits per heavy atom. The molecule has 0 aliphatic carbocycles. The van der Waals surface area contributed by atoms with Gasteiger partial charge >= 0.3 is 60.8 Å². The molecule has 0 spiro atoms. The first kappa shape index (κ1) is 145. The van der Waals surface area contributed by atoms with Crippen LogP contribution in [0.1, 0.15) is 291 Å². The lowest BCUT2D eigenvalue weighted by Crippen LogP contribution is -2.40. The van der Waals surface area contributed by atoms with Gasteiger partial charge in [0.1, 0.15) is 0 Å². The van der Waals surface area contributed by atoms with Gasteiger partial charge in [0, 0.05) is 183 Å². The minimum Gasteiger partial charge on any atom is -0.381 e. The van der Waals surface area contributed by atoms with Gasteiger partial charge in [-0.3, -0.25) is 55.7 Å². The average Bonchev–Trinajstić information content (AvgIpc) is 0.883. The number of carbonyl (C=O) groups excluding carboxylic acids is 4. The van der Waals surface area contributed by atoms with Crippen molar-refractivity contribution < 1.29 is 138 Å². The first-order valence-corrected chi connectivity index (χ1v) is 69.7. The number of unbranched alkanes of at least 4 members (excludes halogenated alkanes) is 21. The van der Waals surface area contributed by atoms with Crippen LogP contribution in [0.25, 0.3) is 0 Å². The molecule has 0 heterocycles. The highest BCUT2D eigenvalue weighted by atomic mass is 31.2. The van der Waals surface area contributed by atoms with Crippen LogP contribution < -0.4 is 21.3 Å². The fourth-order valence-corrected chi connectivity index (χ4v) is 29.5. The van der Waals surface area contributed by atoms with Gasteiger partial charge in [-0.2, -0.15) is 0 Å². The van der Waals surface area contributed by atoms with Crippen LogP contribution >= 0.6 is 60.8 Å². The van der Waals surface area contributed by atoms with Gasteiger partial charge in [-0.05, 0) is 162 Å². The second-order valence-electron chi connectivity index (χ2n) is 35.5. The van der Waals surface area contributed by atoms with Crippen LogP contribution in [0.3, 0.4) is 0 Å². The quantitative estimate of drug-likeness (QED) is 0.0324. The monoisotopic (exact) mass is 2250 g/mol. The average molecular weight is 2250 g/mol. The van der Waals surface area contributed by atoms with Crippen LogP contribution in [0.5, 0.6) is 0 Å². The van der Waals surface area contributed by atoms with Crippen molar-refractivity contribution in [1.82, 2.24) is 50.7 Å². The van der Waals surface area contributed by atoms with Crippen LogP contribution in [0.4, 0.5) is 0 Å². The summed E-state index contributed by atoms with van der Waals surface area (Å²) < 4.78 is 209. The summed E-state index contributed by atoms with van der Waals surface area (Å²) in [5.41, 5.74) is 0. The predicted octanol–water partition coefficient (Wildman–Crippen LogP) is 20.3. The molecule has 0 aliphatic rings. The van der Waals surface area contributed by atoms with Gasteiger partial charge in [-0.25, -0.2) is 0 Å². The van der Waals surface area contributed by atoms with Crippen molar-refractivity contribution >= 4 is 84.4 Å². The molecule has 4 N–H and O–H groups in total. The maximum Gasteiger partial charge on any atom is 0.331 e. The van der Waals surface area contributed by atoms with Crippen molar-refractivity contribution in [3.63, 3.8) is 0 Å². The van der Waals surface area contributed by atoms with E-state index in [1.807, 2.05) is 19.6 Å². The number of hydrogen-bond donors (Lipinski definition) is 4. The van der Waals surface area contributed by atoms with Crippen LogP contribution in [0, 0.1) is 0 Å². The zero-order valence-electron chi connectivity index (χ0n) is 93.7. The molecule has 0 rings (SSSR count). The van der Waals surface area contributed by atoms with Crippen molar-refractivity contribution in [2.24, 2.45) is 0 Å². The minimum atomic E-state index is -3.40. The molecule has 0 aromatic carbocycles. The molecule has 0 saturated heterocycles. The molecule has 4 amide bonds. The summed E-state index contributed by atoms with van der Waals surface area (Å²) in [4.78, 5) is 66.5. The molecule has 0 bridgehead atoms. The molecule has 0 atom stereocenters. The predicted molar refractivity (Wildman–Crippen MR) is 587 cm³/mol. The zero-order valence-corrected chi connectivity index (χ0v) is 101. The van der Waals surface area contributed by atoms with E-state index >= 15 is 0 Å². The maximum atomic E-state index is 13.6. The van der Waals surface area contributed by atoms with Gasteiger partial charge in [-0.15, -0.1) is 0 Å². The molecule has 48 heteroatoms. The third-order valence-electron chi connectivity index (χ3n) is 23.7. The van der Waals surface area contributed by atoms with Crippen molar-refractivity contribution in [3.05, 3.63) is 0 Å². The summed E-state index contributed by atoms with van der Waals surface area (Å²) in [6.45, 7) is 43.0. The summed E-state index contributed by atoms with van der Waals surface area (Å²) in [6.07, 6.45) is 28.5. The molecule has 870 valence electrons. The highest BCUT2D eigenvalue weighted by Gasteiger charge is 2.34. The van der Waals surface area contributed by atoms with E-state index in [0.29, 0.717) is 118 Å². The van der Waals surface area contributed by atoms with Crippen LogP contribution in [-0.2, 0) is 138 Å². The van der Waals surface area contributed by atoms with Gasteiger partial charge < -0.3 is 133 Å². The SMILES string of the molecule is CCOP(=O)(CCN(CCNC(=O)CCN(CCCCCCCCCCOCCCCCCCCCCOCCCCCCCCCCN(CCC(=O)NCCN(CCP(=O)(OCC)OCC)CCP(=O)(OCC)OCC)CCC(=O)NCCN(CCP(=O)(OCC)OCC)CCP(=O)(OCC)OCC)CCC(=O)NCCN(CCP(=O)(OCC)OCC)CCP(=O)(OCC)OCC)CCP(=O)(OCC)OCC)OCC. The number of nitrogens with one attached hydrogen (secondary N) is 4. The molecule has 0 aromatic rings. The highest BCUT2D eigenvalue weighted by Crippen LogP contribution is 2.54. The molecule has 40 nitrogen and oxygen atoms in total. The molecule has 0 unspecified atom stereocenters. The molecule has 0 radical (unpaired) electrons. The second kappa shape index (κ2) is 93.8. The third kappa shape index (κ3) is 79.7. The van der Waals surface area contributed by atoms with E-state index in [1.54, 1.807) is 111 Å². The Hall–Kier alpha value is -1.24. The van der Waals surface area contributed by atoms with E-state index in [0.717, 1.165) is 142 Å². The Balaban J connectivity index is 5.28. The second-order valence-corrected chi connectivity index (χ2v) is 53.0. The lowest BCUT2D eigenvalue weighted by atomic mass is 10.1. The normalized spacial score (nSPS) is 12.8. The molecule has 0 saturated carbocycles. The molecular formula is C98H208N10O30P8. The van der Waals surface area contributed by atoms with Gasteiger partial charge in [-0.1, -0.05) is 116 Å². The Morgan fingerprint density at radius 2 is 0.288 bits per heavy atom. The summed E-state index contributed by atoms with van der Waals surface area (Å²) in [6, 6.07) is 0. The van der Waals surface area contributed by atoms with Gasteiger partial charge in [0.05, 0.1) is 155 Å². The minimum absolute atomic E-state index is 0.108. The molecular weight excluding hydrogens is 2040 g/mol. The third-order valence-corrected chi connectivity index (χ3v) is 40.1. The van der Waals surface area contributed by atoms with Gasteiger partial charge in [0.25, 0.3) is 0 Å². The largest absolute Gasteiger partial charge is 0.381 e. The summed E-state index contributed by atoms with van der Waals surface area (Å²) >= 11 is 0. The Kier molecular flexibility index (Phi) is 93.0. The first-order valence-electron chi connectivity index (χ1n) is 55.8. The van der Waals surface area contributed by atoms with E-state index < -0.39 is 60.8 Å². The summed E-state index contributed by atoms with van der Waals surface area (Å²) in [7, 11) is -27.2. The fourth-order valence-electron chi connectivity index (χ4n) is 16.3. The number of amides is 4. The molecule has 0 aromatic heterocycles. The van der Waals surface area contributed by atoms with E-state index in [4.69, 9.17) is 81.9 Å². The van der Waals surface area contributed by atoms with Crippen molar-refractivity contribution in [3.8, 4) is 0 Å². The topological polar surface area (TPSA) is 439 Å². The highest BCUT2D eigenvalue weighted by molar-refractivity contribution is 7.56. The van der Waals surface area contributed by atoms with E-state index in [1.165, 1.54) is 38.5 Å². The standard InChI is InChI=1S/C98H208N10O30P8/c1-17-123-139(113,124-18-2)87-75-105(76-88-140(114,125-19-3)126-20-4)71-61-99-95(109)57-67-103(68-58-96(110)100-62-72-106(77-89-141(115,127-21-5)128-22-6)78-90-142(116,129-23-7)130-24-8)65-51-45-39-33-35-41-47-53-83-121-85-55-49-43-37-38-44-50-56-86-122-84-54-48-42-36-34-40-46-52-66-104(69-59-97(111)101-63-73-107(79-91-143(117,131-25-9)132-26-10)80-92-144(118,133-27-11)134-28-12)70-60-98(112)102-64-74-108(81-93-145(119,135-29-13)136-30-14)82-94-146(120,137-31-15)138-32-16/h17-94H2,1-16H3,(H,99,109)(H,100,110)(H,101,111)(H,102,112). The molecule has 0 aliphatic heterocycles.